The van der Waals surface area contributed by atoms with Gasteiger partial charge in [-0.25, -0.2) is 4.39 Å². The van der Waals surface area contributed by atoms with Crippen LogP contribution in [-0.2, 0) is 29.2 Å². The van der Waals surface area contributed by atoms with Crippen LogP contribution in [0.3, 0.4) is 0 Å². The summed E-state index contributed by atoms with van der Waals surface area (Å²) in [6, 6.07) is 20.3. The third kappa shape index (κ3) is 7.80. The maximum absolute atomic E-state index is 13.7. The van der Waals surface area contributed by atoms with Gasteiger partial charge in [0.2, 0.25) is 11.8 Å². The number of carbonyl (C=O) groups is 2. The van der Waals surface area contributed by atoms with Crippen molar-refractivity contribution in [3.05, 3.63) is 95.6 Å². The van der Waals surface area contributed by atoms with Gasteiger partial charge < -0.3 is 14.4 Å². The predicted molar refractivity (Wildman–Crippen MR) is 142 cm³/mol. The van der Waals surface area contributed by atoms with E-state index in [0.717, 1.165) is 16.8 Å². The summed E-state index contributed by atoms with van der Waals surface area (Å²) in [5, 5.41) is 0. The van der Waals surface area contributed by atoms with Crippen LogP contribution in [0.5, 0.6) is 0 Å². The maximum Gasteiger partial charge on any atom is 0.242 e. The fourth-order valence-corrected chi connectivity index (χ4v) is 4.16. The second-order valence-electron chi connectivity index (χ2n) is 10.8. The van der Waals surface area contributed by atoms with Crippen LogP contribution in [0.2, 0.25) is 0 Å². The van der Waals surface area contributed by atoms with E-state index < -0.39 is 5.41 Å². The van der Waals surface area contributed by atoms with Crippen LogP contribution in [0.25, 0.3) is 0 Å². The molecule has 192 valence electrons. The highest BCUT2D eigenvalue weighted by atomic mass is 19.1. The zero-order valence-electron chi connectivity index (χ0n) is 22.1. The molecule has 0 fully saturated rings. The molecule has 3 aromatic rings. The number of hydrogen-bond acceptors (Lipinski definition) is 2. The van der Waals surface area contributed by atoms with Gasteiger partial charge in [0.15, 0.2) is 0 Å². The van der Waals surface area contributed by atoms with Crippen molar-refractivity contribution in [1.29, 1.82) is 0 Å². The molecular formula is C30H38FN3O2. The van der Waals surface area contributed by atoms with Crippen LogP contribution in [0.1, 0.15) is 51.4 Å². The van der Waals surface area contributed by atoms with Crippen molar-refractivity contribution in [1.82, 2.24) is 14.4 Å². The topological polar surface area (TPSA) is 45.6 Å². The molecule has 0 atom stereocenters. The zero-order chi connectivity index (χ0) is 26.3. The lowest BCUT2D eigenvalue weighted by atomic mass is 9.94. The first-order valence-corrected chi connectivity index (χ1v) is 12.5. The molecule has 0 saturated carbocycles. The fraction of sp³-hybridized carbons (Fsp3) is 0.400. The number of amides is 2. The molecular weight excluding hydrogens is 453 g/mol. The summed E-state index contributed by atoms with van der Waals surface area (Å²) in [6.07, 6.45) is 1.97. The number of benzene rings is 2. The molecule has 0 radical (unpaired) electrons. The van der Waals surface area contributed by atoms with E-state index in [4.69, 9.17) is 0 Å². The van der Waals surface area contributed by atoms with Crippen molar-refractivity contribution in [2.24, 2.45) is 11.3 Å². The summed E-state index contributed by atoms with van der Waals surface area (Å²) in [5.41, 5.74) is 2.42. The minimum absolute atomic E-state index is 0.0242. The van der Waals surface area contributed by atoms with E-state index in [0.29, 0.717) is 26.2 Å². The van der Waals surface area contributed by atoms with E-state index in [9.17, 15) is 14.0 Å². The second kappa shape index (κ2) is 12.0. The Kier molecular flexibility index (Phi) is 9.08. The van der Waals surface area contributed by atoms with Gasteiger partial charge in [-0.05, 0) is 41.3 Å². The van der Waals surface area contributed by atoms with Gasteiger partial charge in [0.25, 0.3) is 0 Å². The Morgan fingerprint density at radius 1 is 0.861 bits per heavy atom. The smallest absolute Gasteiger partial charge is 0.242 e. The molecule has 0 bridgehead atoms. The van der Waals surface area contributed by atoms with E-state index in [1.807, 2.05) is 74.3 Å². The van der Waals surface area contributed by atoms with E-state index >= 15 is 0 Å². The lowest BCUT2D eigenvalue weighted by Gasteiger charge is -2.33. The molecule has 0 aliphatic heterocycles. The van der Waals surface area contributed by atoms with Gasteiger partial charge in [-0.2, -0.15) is 0 Å². The molecule has 0 saturated heterocycles. The van der Waals surface area contributed by atoms with Gasteiger partial charge in [-0.1, -0.05) is 77.1 Å². The number of hydrogen-bond donors (Lipinski definition) is 0. The normalized spacial score (nSPS) is 11.5. The Morgan fingerprint density at radius 3 is 2.14 bits per heavy atom. The highest BCUT2D eigenvalue weighted by Crippen LogP contribution is 2.20. The molecule has 0 aliphatic rings. The molecule has 0 spiro atoms. The molecule has 2 aromatic carbocycles. The molecule has 0 unspecified atom stereocenters. The summed E-state index contributed by atoms with van der Waals surface area (Å²) in [5.74, 6) is -0.128. The second-order valence-corrected chi connectivity index (χ2v) is 10.8. The third-order valence-corrected chi connectivity index (χ3v) is 5.95. The number of halogens is 1. The molecule has 3 rings (SSSR count). The summed E-state index contributed by atoms with van der Waals surface area (Å²) in [6.45, 7) is 11.8. The average molecular weight is 492 g/mol. The van der Waals surface area contributed by atoms with Gasteiger partial charge in [0.1, 0.15) is 5.82 Å². The molecule has 2 amide bonds. The van der Waals surface area contributed by atoms with Crippen LogP contribution in [-0.4, -0.2) is 39.3 Å². The minimum atomic E-state index is -0.566. The van der Waals surface area contributed by atoms with Crippen molar-refractivity contribution in [2.75, 3.05) is 13.1 Å². The molecule has 36 heavy (non-hydrogen) atoms. The lowest BCUT2D eigenvalue weighted by Crippen LogP contribution is -2.47. The molecule has 5 nitrogen and oxygen atoms in total. The van der Waals surface area contributed by atoms with Crippen LogP contribution in [0.4, 0.5) is 4.39 Å². The Bertz CT molecular complexity index is 1130. The van der Waals surface area contributed by atoms with Crippen LogP contribution < -0.4 is 0 Å². The third-order valence-electron chi connectivity index (χ3n) is 5.95. The van der Waals surface area contributed by atoms with Crippen LogP contribution >= 0.6 is 0 Å². The van der Waals surface area contributed by atoms with Gasteiger partial charge >= 0.3 is 0 Å². The van der Waals surface area contributed by atoms with E-state index in [1.165, 1.54) is 12.1 Å². The molecule has 6 heteroatoms. The van der Waals surface area contributed by atoms with E-state index in [1.54, 1.807) is 17.0 Å². The quantitative estimate of drug-likeness (QED) is 0.363. The maximum atomic E-state index is 13.7. The summed E-state index contributed by atoms with van der Waals surface area (Å²) in [7, 11) is 0. The Balaban J connectivity index is 1.84. The van der Waals surface area contributed by atoms with Gasteiger partial charge in [-0.15, -0.1) is 0 Å². The van der Waals surface area contributed by atoms with Gasteiger partial charge in [0.05, 0.1) is 13.1 Å². The Morgan fingerprint density at radius 2 is 1.53 bits per heavy atom. The van der Waals surface area contributed by atoms with Crippen LogP contribution in [0, 0.1) is 17.2 Å². The van der Waals surface area contributed by atoms with Crippen molar-refractivity contribution in [3.63, 3.8) is 0 Å². The van der Waals surface area contributed by atoms with Crippen molar-refractivity contribution >= 4 is 11.8 Å². The number of rotatable bonds is 10. The number of nitrogens with zero attached hydrogens (tertiary/aromatic N) is 3. The van der Waals surface area contributed by atoms with Crippen molar-refractivity contribution in [3.8, 4) is 0 Å². The highest BCUT2D eigenvalue weighted by Gasteiger charge is 2.30. The highest BCUT2D eigenvalue weighted by molar-refractivity contribution is 5.87. The first-order chi connectivity index (χ1) is 17.0. The van der Waals surface area contributed by atoms with Crippen LogP contribution in [0.15, 0.2) is 72.9 Å². The lowest BCUT2D eigenvalue weighted by molar-refractivity contribution is -0.146. The standard InChI is InChI=1S/C30H38FN3O2/c1-23(2)18-34(29(36)30(3,4)5)22-28(35)33(20-24-10-7-6-8-11-24)21-27-12-9-17-32(27)19-25-13-15-26(31)16-14-25/h6-17,23H,18-22H2,1-5H3. The van der Waals surface area contributed by atoms with Gasteiger partial charge in [-0.3, -0.25) is 9.59 Å². The molecule has 0 N–H and O–H groups in total. The van der Waals surface area contributed by atoms with Crippen molar-refractivity contribution < 1.29 is 14.0 Å². The largest absolute Gasteiger partial charge is 0.345 e. The molecule has 0 aliphatic carbocycles. The molecule has 1 aromatic heterocycles. The number of aromatic nitrogens is 1. The van der Waals surface area contributed by atoms with Gasteiger partial charge in [0, 0.05) is 36.9 Å². The minimum Gasteiger partial charge on any atom is -0.345 e. The average Bonchev–Trinajstić information content (AvgIpc) is 3.25. The van der Waals surface area contributed by atoms with E-state index in [-0.39, 0.29) is 30.1 Å². The SMILES string of the molecule is CC(C)CN(CC(=O)N(Cc1ccccc1)Cc1cccn1Cc1ccc(F)cc1)C(=O)C(C)(C)C. The molecule has 1 heterocycles. The number of carbonyl (C=O) groups excluding carboxylic acids is 2. The summed E-state index contributed by atoms with van der Waals surface area (Å²) >= 11 is 0. The zero-order valence-corrected chi connectivity index (χ0v) is 22.1. The Labute approximate surface area is 214 Å². The fourth-order valence-electron chi connectivity index (χ4n) is 4.16. The Hall–Kier alpha value is -3.41. The first-order valence-electron chi connectivity index (χ1n) is 12.5. The predicted octanol–water partition coefficient (Wildman–Crippen LogP) is 5.74. The van der Waals surface area contributed by atoms with Crippen molar-refractivity contribution in [2.45, 2.75) is 54.3 Å². The monoisotopic (exact) mass is 491 g/mol. The van der Waals surface area contributed by atoms with E-state index in [2.05, 4.69) is 18.4 Å². The summed E-state index contributed by atoms with van der Waals surface area (Å²) < 4.78 is 15.4. The first kappa shape index (κ1) is 27.2. The summed E-state index contributed by atoms with van der Waals surface area (Å²) in [4.78, 5) is 30.3.